The number of halogens is 2. The summed E-state index contributed by atoms with van der Waals surface area (Å²) in [6, 6.07) is 13.5. The number of rotatable bonds is 7. The second-order valence-corrected chi connectivity index (χ2v) is 11.4. The Hall–Kier alpha value is -2.64. The average molecular weight is 543 g/mol. The van der Waals surface area contributed by atoms with Gasteiger partial charge in [0, 0.05) is 24.7 Å². The van der Waals surface area contributed by atoms with E-state index in [2.05, 4.69) is 0 Å². The van der Waals surface area contributed by atoms with Crippen LogP contribution in [0.2, 0.25) is 5.02 Å². The minimum absolute atomic E-state index is 0.0301. The molecule has 0 N–H and O–H groups in total. The molecule has 204 valence electrons. The zero-order chi connectivity index (χ0) is 26.6. The molecule has 2 saturated heterocycles. The third-order valence-electron chi connectivity index (χ3n) is 8.28. The minimum Gasteiger partial charge on any atom is -0.490 e. The van der Waals surface area contributed by atoms with Crippen LogP contribution in [0, 0.1) is 5.82 Å². The summed E-state index contributed by atoms with van der Waals surface area (Å²) >= 11 is 6.16. The summed E-state index contributed by atoms with van der Waals surface area (Å²) in [7, 11) is 0. The summed E-state index contributed by atoms with van der Waals surface area (Å²) in [5.41, 5.74) is -0.799. The van der Waals surface area contributed by atoms with Crippen molar-refractivity contribution in [1.29, 1.82) is 0 Å². The molecule has 2 heterocycles. The first-order chi connectivity index (χ1) is 18.4. The molecule has 8 heteroatoms. The molecule has 1 saturated carbocycles. The van der Waals surface area contributed by atoms with Gasteiger partial charge in [-0.1, -0.05) is 42.6 Å². The topological polar surface area (TPSA) is 59.1 Å². The second kappa shape index (κ2) is 11.6. The Morgan fingerprint density at radius 1 is 0.947 bits per heavy atom. The van der Waals surface area contributed by atoms with Crippen LogP contribution >= 0.6 is 11.6 Å². The summed E-state index contributed by atoms with van der Waals surface area (Å²) in [4.78, 5) is 31.4. The van der Waals surface area contributed by atoms with E-state index in [-0.39, 0.29) is 37.2 Å². The van der Waals surface area contributed by atoms with E-state index in [4.69, 9.17) is 21.1 Å². The first kappa shape index (κ1) is 26.9. The van der Waals surface area contributed by atoms with Gasteiger partial charge in [-0.2, -0.15) is 0 Å². The van der Waals surface area contributed by atoms with Gasteiger partial charge < -0.3 is 19.3 Å². The lowest BCUT2D eigenvalue weighted by Gasteiger charge is -2.45. The smallest absolute Gasteiger partial charge is 0.233 e. The van der Waals surface area contributed by atoms with Crippen molar-refractivity contribution in [2.45, 2.75) is 62.4 Å². The van der Waals surface area contributed by atoms with Gasteiger partial charge in [0.15, 0.2) is 0 Å². The molecule has 6 nitrogen and oxygen atoms in total. The van der Waals surface area contributed by atoms with Crippen LogP contribution in [0.5, 0.6) is 5.75 Å². The monoisotopic (exact) mass is 542 g/mol. The molecule has 5 rings (SSSR count). The lowest BCUT2D eigenvalue weighted by Crippen LogP contribution is -2.61. The fourth-order valence-electron chi connectivity index (χ4n) is 6.24. The maximum absolute atomic E-state index is 14.2. The van der Waals surface area contributed by atoms with Crippen LogP contribution in [0.1, 0.15) is 56.9 Å². The third kappa shape index (κ3) is 5.84. The van der Waals surface area contributed by atoms with Crippen LogP contribution in [-0.4, -0.2) is 66.6 Å². The molecule has 3 fully saturated rings. The van der Waals surface area contributed by atoms with Gasteiger partial charge in [-0.05, 0) is 68.0 Å². The van der Waals surface area contributed by atoms with Gasteiger partial charge in [0.2, 0.25) is 11.8 Å². The van der Waals surface area contributed by atoms with Crippen LogP contribution in [0.25, 0.3) is 0 Å². The van der Waals surface area contributed by atoms with Crippen molar-refractivity contribution in [3.05, 3.63) is 64.9 Å². The number of hydrogen-bond acceptors (Lipinski definition) is 4. The number of likely N-dealkylation sites (tertiary alicyclic amines) is 1. The number of hydrogen-bond donors (Lipinski definition) is 0. The molecular formula is C30H36ClFN2O4. The Bertz CT molecular complexity index is 1130. The molecule has 1 atom stereocenters. The number of ether oxygens (including phenoxy) is 2. The number of carbonyl (C=O) groups excluding carboxylic acids is 2. The van der Waals surface area contributed by atoms with Crippen molar-refractivity contribution < 1.29 is 23.5 Å². The maximum Gasteiger partial charge on any atom is 0.233 e. The molecule has 0 spiro atoms. The van der Waals surface area contributed by atoms with Crippen LogP contribution in [0.3, 0.4) is 0 Å². The van der Waals surface area contributed by atoms with Gasteiger partial charge in [0.25, 0.3) is 0 Å². The van der Waals surface area contributed by atoms with Crippen LogP contribution in [0.15, 0.2) is 48.5 Å². The minimum atomic E-state index is -0.979. The highest BCUT2D eigenvalue weighted by molar-refractivity contribution is 6.30. The van der Waals surface area contributed by atoms with E-state index >= 15 is 0 Å². The number of piperidine rings is 1. The molecule has 0 aromatic heterocycles. The second-order valence-electron chi connectivity index (χ2n) is 10.9. The molecule has 38 heavy (non-hydrogen) atoms. The number of amides is 2. The van der Waals surface area contributed by atoms with Gasteiger partial charge in [-0.3, -0.25) is 9.59 Å². The Kier molecular flexibility index (Phi) is 8.24. The molecule has 1 aliphatic carbocycles. The normalized spacial score (nSPS) is 23.3. The van der Waals surface area contributed by atoms with E-state index in [0.29, 0.717) is 23.9 Å². The van der Waals surface area contributed by atoms with Crippen LogP contribution in [-0.2, 0) is 19.7 Å². The van der Waals surface area contributed by atoms with Crippen molar-refractivity contribution in [2.24, 2.45) is 0 Å². The SMILES string of the molecule is O=C(C[C@@]1(COc2cccc(Cl)c2)CN(C(=O)C2(c3ccc(F)cc3)CCCC2)CCO1)N1CCCCC1. The lowest BCUT2D eigenvalue weighted by molar-refractivity contribution is -0.169. The molecular weight excluding hydrogens is 507 g/mol. The molecule has 0 radical (unpaired) electrons. The van der Waals surface area contributed by atoms with Gasteiger partial charge in [-0.25, -0.2) is 4.39 Å². The van der Waals surface area contributed by atoms with Crippen LogP contribution < -0.4 is 4.74 Å². The summed E-state index contributed by atoms with van der Waals surface area (Å²) in [5.74, 6) is 0.340. The number of nitrogens with zero attached hydrogens (tertiary/aromatic N) is 2. The fraction of sp³-hybridized carbons (Fsp3) is 0.533. The Labute approximate surface area is 229 Å². The Morgan fingerprint density at radius 3 is 2.39 bits per heavy atom. The van der Waals surface area contributed by atoms with Crippen molar-refractivity contribution in [2.75, 3.05) is 39.4 Å². The summed E-state index contributed by atoms with van der Waals surface area (Å²) in [6.45, 7) is 2.64. The highest BCUT2D eigenvalue weighted by atomic mass is 35.5. The summed E-state index contributed by atoms with van der Waals surface area (Å²) < 4.78 is 26.2. The van der Waals surface area contributed by atoms with E-state index in [9.17, 15) is 14.0 Å². The van der Waals surface area contributed by atoms with E-state index < -0.39 is 11.0 Å². The Balaban J connectivity index is 1.39. The van der Waals surface area contributed by atoms with E-state index in [1.54, 1.807) is 24.3 Å². The zero-order valence-electron chi connectivity index (χ0n) is 21.8. The van der Waals surface area contributed by atoms with Gasteiger partial charge in [-0.15, -0.1) is 0 Å². The quantitative estimate of drug-likeness (QED) is 0.472. The number of carbonyl (C=O) groups is 2. The predicted molar refractivity (Wildman–Crippen MR) is 144 cm³/mol. The van der Waals surface area contributed by atoms with E-state index in [1.165, 1.54) is 12.1 Å². The Morgan fingerprint density at radius 2 is 1.68 bits per heavy atom. The van der Waals surface area contributed by atoms with Gasteiger partial charge >= 0.3 is 0 Å². The summed E-state index contributed by atoms with van der Waals surface area (Å²) in [6.07, 6.45) is 6.64. The fourth-order valence-corrected chi connectivity index (χ4v) is 6.42. The first-order valence-electron chi connectivity index (χ1n) is 13.7. The molecule has 2 aromatic carbocycles. The molecule has 2 amide bonds. The van der Waals surface area contributed by atoms with Crippen molar-refractivity contribution >= 4 is 23.4 Å². The van der Waals surface area contributed by atoms with Crippen molar-refractivity contribution in [3.8, 4) is 5.75 Å². The molecule has 0 unspecified atom stereocenters. The third-order valence-corrected chi connectivity index (χ3v) is 8.51. The molecule has 2 aliphatic heterocycles. The highest BCUT2D eigenvalue weighted by Crippen LogP contribution is 2.43. The van der Waals surface area contributed by atoms with Crippen molar-refractivity contribution in [3.63, 3.8) is 0 Å². The van der Waals surface area contributed by atoms with Crippen molar-refractivity contribution in [1.82, 2.24) is 9.80 Å². The molecule has 2 aromatic rings. The van der Waals surface area contributed by atoms with E-state index in [0.717, 1.165) is 63.6 Å². The van der Waals surface area contributed by atoms with Crippen LogP contribution in [0.4, 0.5) is 4.39 Å². The summed E-state index contributed by atoms with van der Waals surface area (Å²) in [5, 5.41) is 0.560. The largest absolute Gasteiger partial charge is 0.490 e. The first-order valence-corrected chi connectivity index (χ1v) is 14.1. The predicted octanol–water partition coefficient (Wildman–Crippen LogP) is 5.37. The highest BCUT2D eigenvalue weighted by Gasteiger charge is 2.49. The standard InChI is InChI=1S/C30H36ClFN2O4/c31-24-7-6-8-26(19-24)37-22-29(20-27(35)33-15-4-1-5-16-33)21-34(17-18-38-29)28(36)30(13-2-3-14-30)23-9-11-25(32)12-10-23/h6-12,19H,1-5,13-18,20-22H2/t29-/m0/s1. The zero-order valence-corrected chi connectivity index (χ0v) is 22.6. The van der Waals surface area contributed by atoms with Gasteiger partial charge in [0.05, 0.1) is 25.0 Å². The molecule has 3 aliphatic rings. The maximum atomic E-state index is 14.2. The average Bonchev–Trinajstić information content (AvgIpc) is 3.44. The lowest BCUT2D eigenvalue weighted by atomic mass is 9.77. The number of morpholine rings is 1. The molecule has 0 bridgehead atoms. The van der Waals surface area contributed by atoms with E-state index in [1.807, 2.05) is 21.9 Å². The van der Waals surface area contributed by atoms with Gasteiger partial charge in [0.1, 0.15) is 23.8 Å². The number of benzene rings is 2.